The van der Waals surface area contributed by atoms with Crippen LogP contribution in [0.25, 0.3) is 0 Å². The van der Waals surface area contributed by atoms with Crippen molar-refractivity contribution in [3.8, 4) is 0 Å². The summed E-state index contributed by atoms with van der Waals surface area (Å²) >= 11 is 0. The second-order valence-corrected chi connectivity index (χ2v) is 6.88. The van der Waals surface area contributed by atoms with Crippen molar-refractivity contribution in [2.75, 3.05) is 13.2 Å². The van der Waals surface area contributed by atoms with Gasteiger partial charge in [0.2, 0.25) is 0 Å². The summed E-state index contributed by atoms with van der Waals surface area (Å²) in [6.45, 7) is 2.67. The number of amides is 1. The smallest absolute Gasteiger partial charge is 0.410 e. The van der Waals surface area contributed by atoms with Crippen molar-refractivity contribution in [1.82, 2.24) is 4.90 Å². The molecule has 2 aromatic carbocycles. The molecule has 4 rings (SSSR count). The monoisotopic (exact) mass is 363 g/mol. The third kappa shape index (κ3) is 2.83. The molecule has 0 bridgehead atoms. The lowest BCUT2D eigenvalue weighted by Crippen LogP contribution is -2.40. The molecule has 0 saturated carbocycles. The number of hydrogen-bond acceptors (Lipinski definition) is 4. The number of carbonyl (C=O) groups excluding carboxylic acids is 3. The van der Waals surface area contributed by atoms with E-state index in [1.165, 1.54) is 0 Å². The molecule has 27 heavy (non-hydrogen) atoms. The third-order valence-corrected chi connectivity index (χ3v) is 5.35. The van der Waals surface area contributed by atoms with Crippen molar-refractivity contribution in [3.63, 3.8) is 0 Å². The standard InChI is InChI=1S/C22H21NO4/c1-2-27-22(26)23-13-6-5-12-18(23)16-10-7-11-17-19(16)21(25)15-9-4-3-8-14(15)20(17)24/h3-4,7-11,18H,2,5-6,12-13H2,1H3. The predicted molar refractivity (Wildman–Crippen MR) is 100 cm³/mol. The summed E-state index contributed by atoms with van der Waals surface area (Å²) in [6, 6.07) is 12.0. The molecule has 138 valence electrons. The SMILES string of the molecule is CCOC(=O)N1CCCCC1c1cccc2c1C(=O)c1ccccc1C2=O. The molecule has 1 aliphatic heterocycles. The van der Waals surface area contributed by atoms with Gasteiger partial charge in [0.1, 0.15) is 0 Å². The molecule has 1 aliphatic carbocycles. The summed E-state index contributed by atoms with van der Waals surface area (Å²) in [6.07, 6.45) is 2.25. The minimum atomic E-state index is -0.366. The summed E-state index contributed by atoms with van der Waals surface area (Å²) in [5, 5.41) is 0. The number of ether oxygens (including phenoxy) is 1. The van der Waals surface area contributed by atoms with E-state index in [-0.39, 0.29) is 23.7 Å². The molecule has 5 heteroatoms. The quantitative estimate of drug-likeness (QED) is 0.686. The van der Waals surface area contributed by atoms with Crippen LogP contribution < -0.4 is 0 Å². The summed E-state index contributed by atoms with van der Waals surface area (Å²) in [5.41, 5.74) is 2.47. The minimum Gasteiger partial charge on any atom is -0.450 e. The van der Waals surface area contributed by atoms with Gasteiger partial charge in [-0.25, -0.2) is 4.79 Å². The highest BCUT2D eigenvalue weighted by Gasteiger charge is 2.36. The maximum absolute atomic E-state index is 13.2. The van der Waals surface area contributed by atoms with Gasteiger partial charge in [0, 0.05) is 28.8 Å². The van der Waals surface area contributed by atoms with E-state index >= 15 is 0 Å². The average molecular weight is 363 g/mol. The van der Waals surface area contributed by atoms with E-state index in [0.29, 0.717) is 35.4 Å². The van der Waals surface area contributed by atoms with E-state index in [9.17, 15) is 14.4 Å². The largest absolute Gasteiger partial charge is 0.450 e. The first-order chi connectivity index (χ1) is 13.1. The van der Waals surface area contributed by atoms with E-state index in [0.717, 1.165) is 24.8 Å². The number of fused-ring (bicyclic) bond motifs is 2. The molecule has 1 heterocycles. The lowest BCUT2D eigenvalue weighted by atomic mass is 9.79. The lowest BCUT2D eigenvalue weighted by molar-refractivity contribution is 0.0758. The molecule has 1 unspecified atom stereocenters. The Labute approximate surface area is 157 Å². The van der Waals surface area contributed by atoms with Gasteiger partial charge in [0.05, 0.1) is 12.6 Å². The Kier molecular flexibility index (Phi) is 4.52. The average Bonchev–Trinajstić information content (AvgIpc) is 2.71. The molecule has 1 atom stereocenters. The Morgan fingerprint density at radius 2 is 1.70 bits per heavy atom. The normalized spacial score (nSPS) is 18.7. The van der Waals surface area contributed by atoms with Gasteiger partial charge in [-0.15, -0.1) is 0 Å². The first kappa shape index (κ1) is 17.5. The summed E-state index contributed by atoms with van der Waals surface area (Å²) in [5.74, 6) is -0.286. The zero-order valence-electron chi connectivity index (χ0n) is 15.2. The molecule has 0 N–H and O–H groups in total. The fourth-order valence-electron chi connectivity index (χ4n) is 4.13. The van der Waals surface area contributed by atoms with Gasteiger partial charge in [-0.2, -0.15) is 0 Å². The van der Waals surface area contributed by atoms with Crippen LogP contribution in [0.15, 0.2) is 42.5 Å². The van der Waals surface area contributed by atoms with E-state index in [1.807, 2.05) is 6.07 Å². The van der Waals surface area contributed by atoms with Crippen LogP contribution in [0, 0.1) is 0 Å². The van der Waals surface area contributed by atoms with Crippen molar-refractivity contribution in [1.29, 1.82) is 0 Å². The molecule has 5 nitrogen and oxygen atoms in total. The summed E-state index contributed by atoms with van der Waals surface area (Å²) < 4.78 is 5.22. The van der Waals surface area contributed by atoms with Crippen LogP contribution in [0.3, 0.4) is 0 Å². The van der Waals surface area contributed by atoms with E-state index in [1.54, 1.807) is 48.2 Å². The first-order valence-electron chi connectivity index (χ1n) is 9.38. The number of likely N-dealkylation sites (tertiary alicyclic amines) is 1. The highest BCUT2D eigenvalue weighted by atomic mass is 16.6. The predicted octanol–water partition coefficient (Wildman–Crippen LogP) is 4.15. The van der Waals surface area contributed by atoms with Crippen LogP contribution in [0.1, 0.15) is 69.6 Å². The van der Waals surface area contributed by atoms with Crippen LogP contribution in [0.5, 0.6) is 0 Å². The number of hydrogen-bond donors (Lipinski definition) is 0. The molecule has 0 radical (unpaired) electrons. The topological polar surface area (TPSA) is 63.7 Å². The Hall–Kier alpha value is -2.95. The van der Waals surface area contributed by atoms with Crippen molar-refractivity contribution in [2.45, 2.75) is 32.2 Å². The Bertz CT molecular complexity index is 934. The Morgan fingerprint density at radius 3 is 2.44 bits per heavy atom. The van der Waals surface area contributed by atoms with Crippen LogP contribution in [0.2, 0.25) is 0 Å². The van der Waals surface area contributed by atoms with Gasteiger partial charge >= 0.3 is 6.09 Å². The highest BCUT2D eigenvalue weighted by Crippen LogP contribution is 2.38. The Balaban J connectivity index is 1.83. The van der Waals surface area contributed by atoms with Crippen molar-refractivity contribution >= 4 is 17.7 Å². The second-order valence-electron chi connectivity index (χ2n) is 6.88. The summed E-state index contributed by atoms with van der Waals surface area (Å²) in [7, 11) is 0. The number of nitrogens with zero attached hydrogens (tertiary/aromatic N) is 1. The maximum atomic E-state index is 13.2. The van der Waals surface area contributed by atoms with Crippen LogP contribution in [0.4, 0.5) is 4.79 Å². The highest BCUT2D eigenvalue weighted by molar-refractivity contribution is 6.28. The van der Waals surface area contributed by atoms with E-state index < -0.39 is 0 Å². The molecule has 2 aliphatic rings. The van der Waals surface area contributed by atoms with Gasteiger partial charge < -0.3 is 9.64 Å². The number of ketones is 2. The molecule has 0 aromatic heterocycles. The lowest BCUT2D eigenvalue weighted by Gasteiger charge is -2.36. The van der Waals surface area contributed by atoms with Gasteiger partial charge in [-0.1, -0.05) is 42.5 Å². The Morgan fingerprint density at radius 1 is 1.00 bits per heavy atom. The zero-order chi connectivity index (χ0) is 19.0. The molecule has 1 saturated heterocycles. The fourth-order valence-corrected chi connectivity index (χ4v) is 4.13. The van der Waals surface area contributed by atoms with Gasteiger partial charge in [0.15, 0.2) is 11.6 Å². The zero-order valence-corrected chi connectivity index (χ0v) is 15.2. The number of rotatable bonds is 2. The third-order valence-electron chi connectivity index (χ3n) is 5.35. The van der Waals surface area contributed by atoms with Gasteiger partial charge in [0.25, 0.3) is 0 Å². The van der Waals surface area contributed by atoms with Crippen molar-refractivity contribution in [3.05, 3.63) is 70.3 Å². The van der Waals surface area contributed by atoms with Crippen molar-refractivity contribution in [2.24, 2.45) is 0 Å². The number of benzene rings is 2. The molecule has 1 fully saturated rings. The van der Waals surface area contributed by atoms with Gasteiger partial charge in [-0.3, -0.25) is 9.59 Å². The number of piperidine rings is 1. The molecular formula is C22H21NO4. The van der Waals surface area contributed by atoms with Crippen LogP contribution in [-0.4, -0.2) is 35.7 Å². The fraction of sp³-hybridized carbons (Fsp3) is 0.318. The maximum Gasteiger partial charge on any atom is 0.410 e. The van der Waals surface area contributed by atoms with Gasteiger partial charge in [-0.05, 0) is 31.7 Å². The van der Waals surface area contributed by atoms with Crippen LogP contribution in [-0.2, 0) is 4.74 Å². The minimum absolute atomic E-state index is 0.138. The first-order valence-corrected chi connectivity index (χ1v) is 9.38. The summed E-state index contributed by atoms with van der Waals surface area (Å²) in [4.78, 5) is 40.3. The number of carbonyl (C=O) groups is 3. The molecule has 2 aromatic rings. The molecule has 0 spiro atoms. The molecular weight excluding hydrogens is 342 g/mol. The van der Waals surface area contributed by atoms with Crippen molar-refractivity contribution < 1.29 is 19.1 Å². The van der Waals surface area contributed by atoms with Crippen LogP contribution >= 0.6 is 0 Å². The van der Waals surface area contributed by atoms with E-state index in [2.05, 4.69) is 0 Å². The second kappa shape index (κ2) is 6.99. The van der Waals surface area contributed by atoms with E-state index in [4.69, 9.17) is 4.74 Å². The molecule has 1 amide bonds.